The molecule has 0 unspecified atom stereocenters. The molecule has 2 aromatic carbocycles. The normalized spacial score (nSPS) is 10.4. The summed E-state index contributed by atoms with van der Waals surface area (Å²) in [4.78, 5) is 25.4. The van der Waals surface area contributed by atoms with Gasteiger partial charge in [0.15, 0.2) is 0 Å². The van der Waals surface area contributed by atoms with Crippen molar-refractivity contribution in [1.82, 2.24) is 4.57 Å². The fourth-order valence-electron chi connectivity index (χ4n) is 2.57. The smallest absolute Gasteiger partial charge is 0.263 e. The van der Waals surface area contributed by atoms with Crippen molar-refractivity contribution in [3.8, 4) is 6.07 Å². The van der Waals surface area contributed by atoms with E-state index in [2.05, 4.69) is 5.32 Å². The van der Waals surface area contributed by atoms with Crippen LogP contribution in [0.5, 0.6) is 0 Å². The summed E-state index contributed by atoms with van der Waals surface area (Å²) in [5, 5.41) is 13.0. The maximum absolute atomic E-state index is 12.7. The molecule has 0 bridgehead atoms. The first-order chi connectivity index (χ1) is 13.4. The molecule has 0 atom stereocenters. The van der Waals surface area contributed by atoms with Gasteiger partial charge in [0.2, 0.25) is 0 Å². The summed E-state index contributed by atoms with van der Waals surface area (Å²) in [6.45, 7) is 0.177. The lowest BCUT2D eigenvalue weighted by atomic mass is 10.1. The SMILES string of the molecule is N#Cc1ccc(Cl)cc1NC(=O)c1cccn(Cc2ccc(Cl)cc2Cl)c1=O. The zero-order valence-electron chi connectivity index (χ0n) is 14.2. The van der Waals surface area contributed by atoms with E-state index in [9.17, 15) is 9.59 Å². The number of nitrogens with one attached hydrogen (secondary N) is 1. The fraction of sp³-hybridized carbons (Fsp3) is 0.0500. The Kier molecular flexibility index (Phi) is 6.05. The first kappa shape index (κ1) is 20.0. The van der Waals surface area contributed by atoms with Crippen LogP contribution >= 0.6 is 34.8 Å². The summed E-state index contributed by atoms with van der Waals surface area (Å²) in [6, 6.07) is 14.4. The number of hydrogen-bond acceptors (Lipinski definition) is 3. The molecule has 3 rings (SSSR count). The number of benzene rings is 2. The molecule has 5 nitrogen and oxygen atoms in total. The Morgan fingerprint density at radius 2 is 1.79 bits per heavy atom. The van der Waals surface area contributed by atoms with E-state index < -0.39 is 11.5 Å². The molecule has 0 aliphatic carbocycles. The Hall–Kier alpha value is -2.78. The molecule has 0 radical (unpaired) electrons. The molecule has 1 amide bonds. The maximum Gasteiger partial charge on any atom is 0.263 e. The number of amides is 1. The van der Waals surface area contributed by atoms with E-state index in [-0.39, 0.29) is 23.4 Å². The minimum Gasteiger partial charge on any atom is -0.321 e. The summed E-state index contributed by atoms with van der Waals surface area (Å²) < 4.78 is 1.37. The first-order valence-electron chi connectivity index (χ1n) is 8.03. The fourth-order valence-corrected chi connectivity index (χ4v) is 3.21. The van der Waals surface area contributed by atoms with E-state index in [0.29, 0.717) is 20.6 Å². The summed E-state index contributed by atoms with van der Waals surface area (Å²) in [6.07, 6.45) is 1.56. The number of hydrogen-bond donors (Lipinski definition) is 1. The van der Waals surface area contributed by atoms with Gasteiger partial charge in [0, 0.05) is 21.3 Å². The second-order valence-corrected chi connectivity index (χ2v) is 7.13. The Labute approximate surface area is 175 Å². The third-order valence-corrected chi connectivity index (χ3v) is 4.79. The molecule has 0 aliphatic heterocycles. The average molecular weight is 433 g/mol. The van der Waals surface area contributed by atoms with Crippen LogP contribution < -0.4 is 10.9 Å². The maximum atomic E-state index is 12.7. The highest BCUT2D eigenvalue weighted by Crippen LogP contribution is 2.22. The molecule has 0 fully saturated rings. The van der Waals surface area contributed by atoms with Gasteiger partial charge in [-0.05, 0) is 48.0 Å². The number of pyridine rings is 1. The van der Waals surface area contributed by atoms with Crippen molar-refractivity contribution in [2.75, 3.05) is 5.32 Å². The van der Waals surface area contributed by atoms with Crippen LogP contribution in [0.2, 0.25) is 15.1 Å². The van der Waals surface area contributed by atoms with Crippen molar-refractivity contribution in [2.45, 2.75) is 6.54 Å². The van der Waals surface area contributed by atoms with Gasteiger partial charge in [-0.15, -0.1) is 0 Å². The van der Waals surface area contributed by atoms with Crippen LogP contribution in [-0.4, -0.2) is 10.5 Å². The molecule has 0 aliphatic rings. The molecule has 0 saturated heterocycles. The molecular weight excluding hydrogens is 421 g/mol. The Morgan fingerprint density at radius 1 is 1.07 bits per heavy atom. The topological polar surface area (TPSA) is 74.9 Å². The highest BCUT2D eigenvalue weighted by Gasteiger charge is 2.15. The third-order valence-electron chi connectivity index (χ3n) is 3.97. The molecule has 140 valence electrons. The van der Waals surface area contributed by atoms with Gasteiger partial charge in [0.25, 0.3) is 11.5 Å². The predicted molar refractivity (Wildman–Crippen MR) is 110 cm³/mol. The quantitative estimate of drug-likeness (QED) is 0.632. The first-order valence-corrected chi connectivity index (χ1v) is 9.17. The molecule has 1 heterocycles. The molecule has 3 aromatic rings. The average Bonchev–Trinajstić information content (AvgIpc) is 2.65. The van der Waals surface area contributed by atoms with Crippen molar-refractivity contribution in [3.63, 3.8) is 0 Å². The van der Waals surface area contributed by atoms with Crippen LogP contribution in [-0.2, 0) is 6.54 Å². The molecule has 0 spiro atoms. The highest BCUT2D eigenvalue weighted by molar-refractivity contribution is 6.35. The Morgan fingerprint density at radius 3 is 2.50 bits per heavy atom. The van der Waals surface area contributed by atoms with Gasteiger partial charge in [0.1, 0.15) is 11.6 Å². The number of aromatic nitrogens is 1. The Balaban J connectivity index is 1.91. The summed E-state index contributed by atoms with van der Waals surface area (Å²) >= 11 is 18.0. The van der Waals surface area contributed by atoms with Gasteiger partial charge in [-0.2, -0.15) is 5.26 Å². The highest BCUT2D eigenvalue weighted by atomic mass is 35.5. The van der Waals surface area contributed by atoms with Gasteiger partial charge in [-0.25, -0.2) is 0 Å². The number of nitriles is 1. The predicted octanol–water partition coefficient (Wildman–Crippen LogP) is 4.98. The summed E-state index contributed by atoms with van der Waals surface area (Å²) in [5.74, 6) is -0.639. The molecular formula is C20H12Cl3N3O2. The molecule has 0 saturated carbocycles. The second kappa shape index (κ2) is 8.49. The van der Waals surface area contributed by atoms with Crippen molar-refractivity contribution >= 4 is 46.4 Å². The van der Waals surface area contributed by atoms with Crippen LogP contribution in [0, 0.1) is 11.3 Å². The van der Waals surface area contributed by atoms with Crippen LogP contribution in [0.1, 0.15) is 21.5 Å². The number of nitrogens with zero attached hydrogens (tertiary/aromatic N) is 2. The number of anilines is 1. The lowest BCUT2D eigenvalue weighted by molar-refractivity contribution is 0.102. The molecule has 1 N–H and O–H groups in total. The van der Waals surface area contributed by atoms with Crippen molar-refractivity contribution in [2.24, 2.45) is 0 Å². The monoisotopic (exact) mass is 431 g/mol. The van der Waals surface area contributed by atoms with Crippen molar-refractivity contribution in [3.05, 3.63) is 96.8 Å². The zero-order chi connectivity index (χ0) is 20.3. The van der Waals surface area contributed by atoms with E-state index >= 15 is 0 Å². The number of carbonyl (C=O) groups is 1. The molecule has 28 heavy (non-hydrogen) atoms. The second-order valence-electron chi connectivity index (χ2n) is 5.85. The lowest BCUT2D eigenvalue weighted by Gasteiger charge is -2.11. The number of carbonyl (C=O) groups excluding carboxylic acids is 1. The largest absolute Gasteiger partial charge is 0.321 e. The Bertz CT molecular complexity index is 1170. The standard InChI is InChI=1S/C20H12Cl3N3O2/c21-14-6-4-13(17(23)8-14)11-26-7-1-2-16(20(26)28)19(27)25-18-9-15(22)5-3-12(18)10-24/h1-9H,11H2,(H,25,27). The summed E-state index contributed by atoms with van der Waals surface area (Å²) in [5.41, 5.74) is 0.591. The van der Waals surface area contributed by atoms with Crippen LogP contribution in [0.25, 0.3) is 0 Å². The van der Waals surface area contributed by atoms with Gasteiger partial charge >= 0.3 is 0 Å². The van der Waals surface area contributed by atoms with Gasteiger partial charge in [0.05, 0.1) is 17.8 Å². The minimum absolute atomic E-state index is 0.0727. The minimum atomic E-state index is -0.639. The molecule has 8 heteroatoms. The molecule has 1 aromatic heterocycles. The third kappa shape index (κ3) is 4.37. The van der Waals surface area contributed by atoms with Gasteiger partial charge in [-0.3, -0.25) is 9.59 Å². The lowest BCUT2D eigenvalue weighted by Crippen LogP contribution is -2.29. The van der Waals surface area contributed by atoms with Crippen LogP contribution in [0.4, 0.5) is 5.69 Å². The van der Waals surface area contributed by atoms with Crippen LogP contribution in [0.15, 0.2) is 59.5 Å². The van der Waals surface area contributed by atoms with E-state index in [1.807, 2.05) is 6.07 Å². The van der Waals surface area contributed by atoms with Gasteiger partial charge < -0.3 is 9.88 Å². The zero-order valence-corrected chi connectivity index (χ0v) is 16.5. The van der Waals surface area contributed by atoms with Crippen molar-refractivity contribution in [1.29, 1.82) is 5.26 Å². The van der Waals surface area contributed by atoms with Crippen molar-refractivity contribution < 1.29 is 4.79 Å². The van der Waals surface area contributed by atoms with E-state index in [0.717, 1.165) is 0 Å². The number of halogens is 3. The van der Waals surface area contributed by atoms with Gasteiger partial charge in [-0.1, -0.05) is 40.9 Å². The van der Waals surface area contributed by atoms with E-state index in [4.69, 9.17) is 40.1 Å². The number of rotatable bonds is 4. The van der Waals surface area contributed by atoms with Crippen LogP contribution in [0.3, 0.4) is 0 Å². The van der Waals surface area contributed by atoms with E-state index in [1.54, 1.807) is 36.5 Å². The van der Waals surface area contributed by atoms with E-state index in [1.165, 1.54) is 22.8 Å². The summed E-state index contributed by atoms with van der Waals surface area (Å²) in [7, 11) is 0.